The summed E-state index contributed by atoms with van der Waals surface area (Å²) in [6.07, 6.45) is 1.05. The van der Waals surface area contributed by atoms with E-state index in [9.17, 15) is 24.9 Å². The molecule has 1 fully saturated rings. The lowest BCUT2D eigenvalue weighted by molar-refractivity contribution is -0.385. The zero-order valence-electron chi connectivity index (χ0n) is 13.3. The maximum Gasteiger partial charge on any atom is 0.274 e. The molecule has 0 unspecified atom stereocenters. The second-order valence-electron chi connectivity index (χ2n) is 5.76. The number of nitro groups is 1. The summed E-state index contributed by atoms with van der Waals surface area (Å²) in [4.78, 5) is 36.3. The van der Waals surface area contributed by atoms with Gasteiger partial charge in [0, 0.05) is 12.6 Å². The highest BCUT2D eigenvalue weighted by Gasteiger charge is 2.37. The molecule has 130 valence electrons. The second kappa shape index (κ2) is 7.37. The van der Waals surface area contributed by atoms with E-state index < -0.39 is 22.9 Å². The Labute approximate surface area is 138 Å². The second-order valence-corrected chi connectivity index (χ2v) is 5.76. The van der Waals surface area contributed by atoms with Crippen LogP contribution in [0.2, 0.25) is 0 Å². The van der Waals surface area contributed by atoms with Crippen LogP contribution in [-0.2, 0) is 16.1 Å². The SMILES string of the molecule is C[C@H](N)C(=O)N1CCC[C@H]1C(=O)N(O)Cc1ccccc1[N+](=O)[O-]. The number of amides is 2. The Kier molecular flexibility index (Phi) is 5.47. The van der Waals surface area contributed by atoms with Crippen molar-refractivity contribution < 1.29 is 19.7 Å². The number of carbonyl (C=O) groups excluding carboxylic acids is 2. The van der Waals surface area contributed by atoms with Crippen molar-refractivity contribution in [3.8, 4) is 0 Å². The van der Waals surface area contributed by atoms with Crippen LogP contribution >= 0.6 is 0 Å². The van der Waals surface area contributed by atoms with Gasteiger partial charge >= 0.3 is 0 Å². The van der Waals surface area contributed by atoms with Gasteiger partial charge in [-0.15, -0.1) is 0 Å². The summed E-state index contributed by atoms with van der Waals surface area (Å²) < 4.78 is 0. The number of likely N-dealkylation sites (tertiary alicyclic amines) is 1. The Balaban J connectivity index is 2.12. The minimum atomic E-state index is -0.795. The molecule has 1 heterocycles. The summed E-state index contributed by atoms with van der Waals surface area (Å²) >= 11 is 0. The average Bonchev–Trinajstić information content (AvgIpc) is 3.02. The number of benzene rings is 1. The third kappa shape index (κ3) is 3.69. The van der Waals surface area contributed by atoms with Gasteiger partial charge in [-0.2, -0.15) is 0 Å². The zero-order valence-corrected chi connectivity index (χ0v) is 13.3. The van der Waals surface area contributed by atoms with E-state index in [2.05, 4.69) is 0 Å². The van der Waals surface area contributed by atoms with Gasteiger partial charge in [-0.05, 0) is 19.8 Å². The Morgan fingerprint density at radius 2 is 2.17 bits per heavy atom. The van der Waals surface area contributed by atoms with Crippen molar-refractivity contribution in [2.75, 3.05) is 6.54 Å². The molecular formula is C15H20N4O5. The first-order valence-electron chi connectivity index (χ1n) is 7.61. The fourth-order valence-corrected chi connectivity index (χ4v) is 2.78. The number of nitrogens with zero attached hydrogens (tertiary/aromatic N) is 3. The van der Waals surface area contributed by atoms with Gasteiger partial charge < -0.3 is 10.6 Å². The van der Waals surface area contributed by atoms with E-state index in [4.69, 9.17) is 5.73 Å². The fourth-order valence-electron chi connectivity index (χ4n) is 2.78. The Morgan fingerprint density at radius 3 is 2.79 bits per heavy atom. The lowest BCUT2D eigenvalue weighted by atomic mass is 10.1. The first kappa shape index (κ1) is 17.8. The van der Waals surface area contributed by atoms with Crippen molar-refractivity contribution in [3.63, 3.8) is 0 Å². The Hall–Kier alpha value is -2.52. The molecule has 1 aliphatic heterocycles. The number of nitrogens with two attached hydrogens (primary N) is 1. The van der Waals surface area contributed by atoms with Crippen LogP contribution in [0.3, 0.4) is 0 Å². The van der Waals surface area contributed by atoms with Gasteiger partial charge in [0.1, 0.15) is 6.04 Å². The highest BCUT2D eigenvalue weighted by Crippen LogP contribution is 2.23. The number of rotatable bonds is 5. The third-order valence-electron chi connectivity index (χ3n) is 3.97. The smallest absolute Gasteiger partial charge is 0.274 e. The van der Waals surface area contributed by atoms with Crippen LogP contribution in [-0.4, -0.2) is 50.5 Å². The van der Waals surface area contributed by atoms with Gasteiger partial charge in [0.05, 0.1) is 23.1 Å². The van der Waals surface area contributed by atoms with Crippen molar-refractivity contribution in [1.82, 2.24) is 9.96 Å². The largest absolute Gasteiger partial charge is 0.329 e. The van der Waals surface area contributed by atoms with Gasteiger partial charge in [0.2, 0.25) is 5.91 Å². The number of hydrogen-bond acceptors (Lipinski definition) is 6. The molecule has 0 aromatic heterocycles. The van der Waals surface area contributed by atoms with Crippen LogP contribution in [0.1, 0.15) is 25.3 Å². The number of hydroxylamine groups is 2. The monoisotopic (exact) mass is 336 g/mol. The summed E-state index contributed by atoms with van der Waals surface area (Å²) in [5.41, 5.74) is 5.61. The summed E-state index contributed by atoms with van der Waals surface area (Å²) in [6, 6.07) is 4.33. The molecular weight excluding hydrogens is 316 g/mol. The van der Waals surface area contributed by atoms with Crippen molar-refractivity contribution in [2.24, 2.45) is 5.73 Å². The molecule has 9 nitrogen and oxygen atoms in total. The summed E-state index contributed by atoms with van der Waals surface area (Å²) in [5.74, 6) is -1.02. The number of nitro benzene ring substituents is 1. The highest BCUT2D eigenvalue weighted by molar-refractivity contribution is 5.89. The van der Waals surface area contributed by atoms with Gasteiger partial charge in [-0.3, -0.25) is 24.9 Å². The van der Waals surface area contributed by atoms with Crippen LogP contribution in [0.25, 0.3) is 0 Å². The van der Waals surface area contributed by atoms with Crippen molar-refractivity contribution in [2.45, 2.75) is 38.4 Å². The molecule has 0 aliphatic carbocycles. The van der Waals surface area contributed by atoms with Crippen LogP contribution in [0, 0.1) is 10.1 Å². The van der Waals surface area contributed by atoms with Gasteiger partial charge in [0.25, 0.3) is 11.6 Å². The maximum atomic E-state index is 12.4. The van der Waals surface area contributed by atoms with E-state index in [1.807, 2.05) is 0 Å². The van der Waals surface area contributed by atoms with Crippen LogP contribution in [0.4, 0.5) is 5.69 Å². The summed E-state index contributed by atoms with van der Waals surface area (Å²) in [7, 11) is 0. The third-order valence-corrected chi connectivity index (χ3v) is 3.97. The van der Waals surface area contributed by atoms with Crippen LogP contribution in [0.5, 0.6) is 0 Å². The lowest BCUT2D eigenvalue weighted by Gasteiger charge is -2.28. The molecule has 1 saturated heterocycles. The first-order chi connectivity index (χ1) is 11.3. The maximum absolute atomic E-state index is 12.4. The Bertz CT molecular complexity index is 649. The minimum absolute atomic E-state index is 0.181. The van der Waals surface area contributed by atoms with Crippen molar-refractivity contribution >= 4 is 17.5 Å². The van der Waals surface area contributed by atoms with Crippen LogP contribution in [0.15, 0.2) is 24.3 Å². The predicted molar refractivity (Wildman–Crippen MR) is 83.8 cm³/mol. The molecule has 9 heteroatoms. The molecule has 0 radical (unpaired) electrons. The molecule has 3 N–H and O–H groups in total. The fraction of sp³-hybridized carbons (Fsp3) is 0.467. The molecule has 0 spiro atoms. The Morgan fingerprint density at radius 1 is 1.50 bits per heavy atom. The number of carbonyl (C=O) groups is 2. The van der Waals surface area contributed by atoms with E-state index >= 15 is 0 Å². The quantitative estimate of drug-likeness (QED) is 0.461. The van der Waals surface area contributed by atoms with E-state index in [-0.39, 0.29) is 23.7 Å². The van der Waals surface area contributed by atoms with Gasteiger partial charge in [-0.1, -0.05) is 18.2 Å². The van der Waals surface area contributed by atoms with Crippen molar-refractivity contribution in [1.29, 1.82) is 0 Å². The molecule has 24 heavy (non-hydrogen) atoms. The summed E-state index contributed by atoms with van der Waals surface area (Å²) in [5, 5.41) is 21.5. The van der Waals surface area contributed by atoms with E-state index in [1.54, 1.807) is 6.07 Å². The molecule has 1 aliphatic rings. The first-order valence-corrected chi connectivity index (χ1v) is 7.61. The minimum Gasteiger partial charge on any atom is -0.329 e. The van der Waals surface area contributed by atoms with E-state index in [0.717, 1.165) is 0 Å². The topological polar surface area (TPSA) is 130 Å². The number of para-hydroxylation sites is 1. The molecule has 2 atom stereocenters. The van der Waals surface area contributed by atoms with Gasteiger partial charge in [-0.25, -0.2) is 5.06 Å². The van der Waals surface area contributed by atoms with Crippen molar-refractivity contribution in [3.05, 3.63) is 39.9 Å². The average molecular weight is 336 g/mol. The molecule has 2 amide bonds. The van der Waals surface area contributed by atoms with E-state index in [1.165, 1.54) is 30.0 Å². The molecule has 1 aromatic carbocycles. The molecule has 0 bridgehead atoms. The normalized spacial score (nSPS) is 18.3. The zero-order chi connectivity index (χ0) is 17.9. The van der Waals surface area contributed by atoms with E-state index in [0.29, 0.717) is 24.4 Å². The lowest BCUT2D eigenvalue weighted by Crippen LogP contribution is -2.50. The molecule has 0 saturated carbocycles. The predicted octanol–water partition coefficient (Wildman–Crippen LogP) is 0.651. The molecule has 2 rings (SSSR count). The highest BCUT2D eigenvalue weighted by atomic mass is 16.6. The number of hydrogen-bond donors (Lipinski definition) is 2. The molecule has 1 aromatic rings. The van der Waals surface area contributed by atoms with Gasteiger partial charge in [0.15, 0.2) is 0 Å². The van der Waals surface area contributed by atoms with Crippen LogP contribution < -0.4 is 5.73 Å². The summed E-state index contributed by atoms with van der Waals surface area (Å²) in [6.45, 7) is 1.61. The standard InChI is InChI=1S/C15H20N4O5/c1-10(16)14(20)17-8-4-7-13(17)15(21)18(22)9-11-5-2-3-6-12(11)19(23)24/h2-3,5-6,10,13,22H,4,7-9,16H2,1H3/t10-,13-/m0/s1.